The quantitative estimate of drug-likeness (QED) is 0.702. The number of rotatable bonds is 2. The van der Waals surface area contributed by atoms with Gasteiger partial charge in [0.2, 0.25) is 0 Å². The van der Waals surface area contributed by atoms with E-state index in [-0.39, 0.29) is 0 Å². The number of carboxylic acid groups (broad SMARTS) is 2. The van der Waals surface area contributed by atoms with Gasteiger partial charge in [-0.25, -0.2) is 14.6 Å². The van der Waals surface area contributed by atoms with E-state index in [2.05, 4.69) is 39.5 Å². The van der Waals surface area contributed by atoms with E-state index in [4.69, 9.17) is 19.8 Å². The maximum atomic E-state index is 9.10. The maximum Gasteiger partial charge on any atom is 0.414 e. The topological polar surface area (TPSA) is 92.4 Å². The molecule has 0 saturated carbocycles. The lowest BCUT2D eigenvalue weighted by atomic mass is 10.3. The second-order valence-corrected chi connectivity index (χ2v) is 5.86. The van der Waals surface area contributed by atoms with Crippen LogP contribution in [0.3, 0.4) is 0 Å². The Labute approximate surface area is 133 Å². The summed E-state index contributed by atoms with van der Waals surface area (Å²) in [4.78, 5) is 22.8. The van der Waals surface area contributed by atoms with E-state index in [9.17, 15) is 0 Å². The van der Waals surface area contributed by atoms with Gasteiger partial charge in [-0.15, -0.1) is 11.3 Å². The molecule has 2 N–H and O–H groups in total. The van der Waals surface area contributed by atoms with Gasteiger partial charge < -0.3 is 14.8 Å². The number of hydrogen-bond acceptors (Lipinski definition) is 5. The van der Waals surface area contributed by atoms with Crippen molar-refractivity contribution in [3.63, 3.8) is 0 Å². The van der Waals surface area contributed by atoms with Gasteiger partial charge in [0.1, 0.15) is 5.01 Å². The molecule has 114 valence electrons. The Bertz CT molecular complexity index is 762. The van der Waals surface area contributed by atoms with Gasteiger partial charge in [-0.3, -0.25) is 0 Å². The Morgan fingerprint density at radius 2 is 1.86 bits per heavy atom. The molecule has 0 fully saturated rings. The monoisotopic (exact) mass is 336 g/mol. The highest BCUT2D eigenvalue weighted by Gasteiger charge is 2.07. The molecular formula is C14H12N2O4S2. The van der Waals surface area contributed by atoms with Crippen LogP contribution < -0.4 is 0 Å². The van der Waals surface area contributed by atoms with E-state index in [1.807, 2.05) is 17.8 Å². The third kappa shape index (κ3) is 4.03. The predicted molar refractivity (Wildman–Crippen MR) is 85.1 cm³/mol. The summed E-state index contributed by atoms with van der Waals surface area (Å²) < 4.78 is 2.04. The van der Waals surface area contributed by atoms with Crippen molar-refractivity contribution in [1.82, 2.24) is 9.55 Å². The predicted octanol–water partition coefficient (Wildman–Crippen LogP) is 3.03. The summed E-state index contributed by atoms with van der Waals surface area (Å²) in [6.07, 6.45) is 4.14. The van der Waals surface area contributed by atoms with Gasteiger partial charge in [-0.2, -0.15) is 11.3 Å². The fraction of sp³-hybridized carbons (Fsp3) is 0.0714. The van der Waals surface area contributed by atoms with Crippen molar-refractivity contribution in [3.05, 3.63) is 40.7 Å². The Kier molecular flexibility index (Phi) is 5.08. The molecular weight excluding hydrogens is 324 g/mol. The number of hydrogen-bond donors (Lipinski definition) is 2. The average molecular weight is 336 g/mol. The summed E-state index contributed by atoms with van der Waals surface area (Å²) in [7, 11) is 2.02. The van der Waals surface area contributed by atoms with Gasteiger partial charge in [0.25, 0.3) is 0 Å². The summed E-state index contributed by atoms with van der Waals surface area (Å²) in [6, 6.07) is 4.20. The SMILES string of the molecule is Cn1ccc(-c2nc(-c3ccsc3)cs2)c1.O=C(O)C(=O)O. The highest BCUT2D eigenvalue weighted by molar-refractivity contribution is 7.13. The molecule has 22 heavy (non-hydrogen) atoms. The van der Waals surface area contributed by atoms with E-state index in [0.717, 1.165) is 10.7 Å². The summed E-state index contributed by atoms with van der Waals surface area (Å²) >= 11 is 3.40. The van der Waals surface area contributed by atoms with Crippen molar-refractivity contribution in [1.29, 1.82) is 0 Å². The average Bonchev–Trinajstić information content (AvgIpc) is 3.19. The van der Waals surface area contributed by atoms with Crippen LogP contribution in [0.1, 0.15) is 0 Å². The number of thiazole rings is 1. The first kappa shape index (κ1) is 15.9. The minimum absolute atomic E-state index is 1.07. The van der Waals surface area contributed by atoms with Crippen LogP contribution in [0.15, 0.2) is 40.7 Å². The van der Waals surface area contributed by atoms with Gasteiger partial charge in [-0.1, -0.05) is 0 Å². The number of thiophene rings is 1. The van der Waals surface area contributed by atoms with Crippen molar-refractivity contribution in [3.8, 4) is 21.8 Å². The summed E-state index contributed by atoms with van der Waals surface area (Å²) in [5, 5.41) is 22.2. The first-order valence-electron chi connectivity index (χ1n) is 6.04. The molecule has 0 aromatic carbocycles. The Balaban J connectivity index is 0.000000254. The summed E-state index contributed by atoms with van der Waals surface area (Å²) in [5.41, 5.74) is 3.47. The van der Waals surface area contributed by atoms with Crippen LogP contribution in [0, 0.1) is 0 Å². The zero-order valence-electron chi connectivity index (χ0n) is 11.5. The van der Waals surface area contributed by atoms with Crippen LogP contribution in [0.25, 0.3) is 21.8 Å². The van der Waals surface area contributed by atoms with Gasteiger partial charge in [0.15, 0.2) is 0 Å². The third-order valence-electron chi connectivity index (χ3n) is 2.58. The van der Waals surface area contributed by atoms with Gasteiger partial charge in [0.05, 0.1) is 5.69 Å². The number of aromatic nitrogens is 2. The van der Waals surface area contributed by atoms with Crippen molar-refractivity contribution >= 4 is 34.6 Å². The van der Waals surface area contributed by atoms with Gasteiger partial charge in [-0.05, 0) is 17.5 Å². The molecule has 0 aliphatic carbocycles. The molecule has 8 heteroatoms. The molecule has 0 atom stereocenters. The first-order valence-corrected chi connectivity index (χ1v) is 7.86. The molecule has 0 aliphatic rings. The molecule has 3 aromatic heterocycles. The van der Waals surface area contributed by atoms with Crippen molar-refractivity contribution in [2.45, 2.75) is 0 Å². The van der Waals surface area contributed by atoms with E-state index in [1.54, 1.807) is 22.7 Å². The normalized spacial score (nSPS) is 9.86. The molecule has 0 radical (unpaired) electrons. The van der Waals surface area contributed by atoms with E-state index in [1.165, 1.54) is 11.1 Å². The molecule has 0 spiro atoms. The van der Waals surface area contributed by atoms with Crippen LogP contribution in [0.4, 0.5) is 0 Å². The molecule has 0 amide bonds. The highest BCUT2D eigenvalue weighted by Crippen LogP contribution is 2.29. The molecule has 3 rings (SSSR count). The van der Waals surface area contributed by atoms with E-state index in [0.29, 0.717) is 0 Å². The molecule has 3 aromatic rings. The maximum absolute atomic E-state index is 9.10. The summed E-state index contributed by atoms with van der Waals surface area (Å²) in [5.74, 6) is -3.65. The van der Waals surface area contributed by atoms with Crippen LogP contribution in [-0.4, -0.2) is 31.7 Å². The number of aryl methyl sites for hydroxylation is 1. The fourth-order valence-electron chi connectivity index (χ4n) is 1.58. The molecule has 0 unspecified atom stereocenters. The van der Waals surface area contributed by atoms with Crippen molar-refractivity contribution < 1.29 is 19.8 Å². The fourth-order valence-corrected chi connectivity index (χ4v) is 3.05. The zero-order valence-corrected chi connectivity index (χ0v) is 13.1. The van der Waals surface area contributed by atoms with Crippen molar-refractivity contribution in [2.75, 3.05) is 0 Å². The van der Waals surface area contributed by atoms with Crippen molar-refractivity contribution in [2.24, 2.45) is 7.05 Å². The second kappa shape index (κ2) is 7.01. The lowest BCUT2D eigenvalue weighted by Gasteiger charge is -1.90. The molecule has 6 nitrogen and oxygen atoms in total. The first-order chi connectivity index (χ1) is 10.5. The lowest BCUT2D eigenvalue weighted by Crippen LogP contribution is -2.09. The third-order valence-corrected chi connectivity index (χ3v) is 4.16. The second-order valence-electron chi connectivity index (χ2n) is 4.23. The zero-order chi connectivity index (χ0) is 16.1. The Hall–Kier alpha value is -2.45. The van der Waals surface area contributed by atoms with Crippen LogP contribution in [-0.2, 0) is 16.6 Å². The Morgan fingerprint density at radius 1 is 1.14 bits per heavy atom. The number of nitrogens with zero attached hydrogens (tertiary/aromatic N) is 2. The summed E-state index contributed by atoms with van der Waals surface area (Å²) in [6.45, 7) is 0. The molecule has 0 bridgehead atoms. The number of carboxylic acids is 2. The van der Waals surface area contributed by atoms with Gasteiger partial charge >= 0.3 is 11.9 Å². The van der Waals surface area contributed by atoms with Gasteiger partial charge in [0, 0.05) is 41.3 Å². The lowest BCUT2D eigenvalue weighted by molar-refractivity contribution is -0.159. The van der Waals surface area contributed by atoms with Crippen LogP contribution in [0.5, 0.6) is 0 Å². The Morgan fingerprint density at radius 3 is 2.36 bits per heavy atom. The minimum atomic E-state index is -1.82. The van der Waals surface area contributed by atoms with E-state index >= 15 is 0 Å². The van der Waals surface area contributed by atoms with Crippen LogP contribution in [0.2, 0.25) is 0 Å². The molecule has 0 saturated heterocycles. The number of carbonyl (C=O) groups is 2. The minimum Gasteiger partial charge on any atom is -0.473 e. The molecule has 0 aliphatic heterocycles. The number of aliphatic carboxylic acids is 2. The van der Waals surface area contributed by atoms with E-state index < -0.39 is 11.9 Å². The smallest absolute Gasteiger partial charge is 0.414 e. The standard InChI is InChI=1S/C12H10N2S2.C2H2O4/c1-14-4-2-9(6-14)12-13-11(8-16-12)10-3-5-15-7-10;3-1(4)2(5)6/h2-8H,1H3;(H,3,4)(H,5,6). The van der Waals surface area contributed by atoms with Crippen LogP contribution >= 0.6 is 22.7 Å². The largest absolute Gasteiger partial charge is 0.473 e. The molecule has 3 heterocycles. The highest BCUT2D eigenvalue weighted by atomic mass is 32.1.